The maximum Gasteiger partial charge on any atom is 0.317 e. The number of likely N-dealkylation sites (N-methyl/N-ethyl adjacent to an activating group) is 1. The van der Waals surface area contributed by atoms with Crippen molar-refractivity contribution < 1.29 is 9.53 Å². The highest BCUT2D eigenvalue weighted by Crippen LogP contribution is 2.52. The Morgan fingerprint density at radius 1 is 1.21 bits per heavy atom. The number of urea groups is 1. The molecular weight excluding hydrogens is 446 g/mol. The lowest BCUT2D eigenvalue weighted by Crippen LogP contribution is -2.53. The highest BCUT2D eigenvalue weighted by molar-refractivity contribution is 6.30. The van der Waals surface area contributed by atoms with Gasteiger partial charge in [0.05, 0.1) is 12.2 Å². The fourth-order valence-corrected chi connectivity index (χ4v) is 6.93. The molecule has 1 heterocycles. The van der Waals surface area contributed by atoms with Crippen LogP contribution in [0.3, 0.4) is 0 Å². The molecule has 1 aliphatic heterocycles. The van der Waals surface area contributed by atoms with Crippen molar-refractivity contribution in [3.05, 3.63) is 34.9 Å². The first-order valence-corrected chi connectivity index (χ1v) is 13.9. The van der Waals surface area contributed by atoms with Crippen LogP contribution in [-0.2, 0) is 4.74 Å². The van der Waals surface area contributed by atoms with Crippen molar-refractivity contribution >= 4 is 17.6 Å². The number of nitrogens with zero attached hydrogens (tertiary/aromatic N) is 1. The summed E-state index contributed by atoms with van der Waals surface area (Å²) in [7, 11) is 1.99. The van der Waals surface area contributed by atoms with Crippen molar-refractivity contribution in [2.24, 2.45) is 17.3 Å². The van der Waals surface area contributed by atoms with Crippen molar-refractivity contribution in [2.75, 3.05) is 26.7 Å². The quantitative estimate of drug-likeness (QED) is 0.435. The molecule has 1 saturated heterocycles. The predicted molar refractivity (Wildman–Crippen MR) is 139 cm³/mol. The first-order chi connectivity index (χ1) is 16.4. The molecule has 5 nitrogen and oxygen atoms in total. The van der Waals surface area contributed by atoms with Crippen LogP contribution >= 0.6 is 11.6 Å². The molecule has 4 aliphatic rings. The topological polar surface area (TPSA) is 53.6 Å². The highest BCUT2D eigenvalue weighted by Gasteiger charge is 2.42. The van der Waals surface area contributed by atoms with Gasteiger partial charge in [0.15, 0.2) is 0 Å². The van der Waals surface area contributed by atoms with Gasteiger partial charge in [0.1, 0.15) is 0 Å². The maximum absolute atomic E-state index is 13.4. The van der Waals surface area contributed by atoms with Crippen LogP contribution in [0.25, 0.3) is 0 Å². The van der Waals surface area contributed by atoms with Gasteiger partial charge in [0.25, 0.3) is 0 Å². The van der Waals surface area contributed by atoms with E-state index in [0.717, 1.165) is 55.4 Å². The van der Waals surface area contributed by atoms with Gasteiger partial charge in [0, 0.05) is 36.6 Å². The number of hydrogen-bond donors (Lipinski definition) is 2. The molecule has 1 aromatic carbocycles. The molecule has 3 atom stereocenters. The minimum atomic E-state index is -0.0567. The van der Waals surface area contributed by atoms with Crippen LogP contribution in [0, 0.1) is 17.3 Å². The maximum atomic E-state index is 13.4. The summed E-state index contributed by atoms with van der Waals surface area (Å²) in [6.45, 7) is 6.51. The van der Waals surface area contributed by atoms with Crippen molar-refractivity contribution in [1.82, 2.24) is 15.5 Å². The lowest BCUT2D eigenvalue weighted by Gasteiger charge is -2.48. The normalized spacial score (nSPS) is 28.7. The molecule has 1 aromatic rings. The molecule has 34 heavy (non-hydrogen) atoms. The van der Waals surface area contributed by atoms with Crippen LogP contribution in [0.1, 0.15) is 83.3 Å². The van der Waals surface area contributed by atoms with Crippen LogP contribution in [0.5, 0.6) is 0 Å². The van der Waals surface area contributed by atoms with Gasteiger partial charge < -0.3 is 20.3 Å². The molecule has 0 radical (unpaired) electrons. The summed E-state index contributed by atoms with van der Waals surface area (Å²) in [6.07, 6.45) is 11.4. The molecule has 3 aliphatic carbocycles. The molecule has 2 unspecified atom stereocenters. The standard InChI is InChI=1S/C28H44ClN3O2/c1-20(2)34-26(22-6-4-8-24(29)16-22)23-7-5-15-32(19-23)27(33)31-25(18-30-3)17-28-12-9-21(10-13-28)11-14-28/h4,6,8,16,20-21,23,25-26,30H,5,7,9-15,17-19H2,1-3H3,(H,31,33)/t21?,23-,25?,26?,28?/m1/s1. The average Bonchev–Trinajstić information content (AvgIpc) is 2.83. The zero-order valence-corrected chi connectivity index (χ0v) is 22.1. The minimum Gasteiger partial charge on any atom is -0.371 e. The lowest BCUT2D eigenvalue weighted by molar-refractivity contribution is -0.0434. The molecule has 2 amide bonds. The summed E-state index contributed by atoms with van der Waals surface area (Å²) >= 11 is 6.30. The van der Waals surface area contributed by atoms with Gasteiger partial charge in [0.2, 0.25) is 0 Å². The number of benzene rings is 1. The molecule has 2 bridgehead atoms. The zero-order valence-electron chi connectivity index (χ0n) is 21.3. The second kappa shape index (κ2) is 11.6. The van der Waals surface area contributed by atoms with Crippen molar-refractivity contribution in [2.45, 2.75) is 89.9 Å². The van der Waals surface area contributed by atoms with Crippen molar-refractivity contribution in [3.8, 4) is 0 Å². The summed E-state index contributed by atoms with van der Waals surface area (Å²) in [5, 5.41) is 7.48. The molecule has 6 heteroatoms. The second-order valence-corrected chi connectivity index (χ2v) is 11.8. The molecule has 0 aromatic heterocycles. The number of ether oxygens (including phenoxy) is 1. The van der Waals surface area contributed by atoms with Crippen LogP contribution in [0.4, 0.5) is 4.79 Å². The first kappa shape index (κ1) is 25.8. The molecule has 5 rings (SSSR count). The summed E-state index contributed by atoms with van der Waals surface area (Å²) in [5.41, 5.74) is 1.55. The van der Waals surface area contributed by atoms with Crippen molar-refractivity contribution in [3.63, 3.8) is 0 Å². The van der Waals surface area contributed by atoms with Gasteiger partial charge >= 0.3 is 6.03 Å². The van der Waals surface area contributed by atoms with E-state index in [-0.39, 0.29) is 30.2 Å². The SMILES string of the molecule is CNCC(CC12CCC(CC1)CC2)NC(=O)N1CCC[C@@H](C(OC(C)C)c2cccc(Cl)c2)C1. The van der Waals surface area contributed by atoms with E-state index in [1.165, 1.54) is 38.5 Å². The van der Waals surface area contributed by atoms with Gasteiger partial charge in [-0.1, -0.05) is 23.7 Å². The Morgan fingerprint density at radius 2 is 1.94 bits per heavy atom. The monoisotopic (exact) mass is 489 g/mol. The number of halogens is 1. The fraction of sp³-hybridized carbons (Fsp3) is 0.750. The Hall–Kier alpha value is -1.30. The highest BCUT2D eigenvalue weighted by atomic mass is 35.5. The van der Waals surface area contributed by atoms with E-state index in [1.54, 1.807) is 0 Å². The first-order valence-electron chi connectivity index (χ1n) is 13.5. The van der Waals surface area contributed by atoms with Crippen LogP contribution in [0.15, 0.2) is 24.3 Å². The second-order valence-electron chi connectivity index (χ2n) is 11.4. The van der Waals surface area contributed by atoms with Gasteiger partial charge in [-0.2, -0.15) is 0 Å². The summed E-state index contributed by atoms with van der Waals surface area (Å²) in [6, 6.07) is 8.26. The summed E-state index contributed by atoms with van der Waals surface area (Å²) < 4.78 is 6.38. The lowest BCUT2D eigenvalue weighted by atomic mass is 9.58. The number of hydrogen-bond acceptors (Lipinski definition) is 3. The Bertz CT molecular complexity index is 795. The average molecular weight is 490 g/mol. The molecule has 190 valence electrons. The summed E-state index contributed by atoms with van der Waals surface area (Å²) in [4.78, 5) is 15.5. The molecular formula is C28H44ClN3O2. The third-order valence-electron chi connectivity index (χ3n) is 8.48. The number of amides is 2. The van der Waals surface area contributed by atoms with E-state index < -0.39 is 0 Å². The zero-order chi connectivity index (χ0) is 24.1. The van der Waals surface area contributed by atoms with Gasteiger partial charge in [-0.3, -0.25) is 0 Å². The van der Waals surface area contributed by atoms with Crippen LogP contribution < -0.4 is 10.6 Å². The number of rotatable bonds is 9. The largest absolute Gasteiger partial charge is 0.371 e. The van der Waals surface area contributed by atoms with Gasteiger partial charge in [-0.05, 0) is 108 Å². The van der Waals surface area contributed by atoms with E-state index in [0.29, 0.717) is 5.41 Å². The van der Waals surface area contributed by atoms with Crippen molar-refractivity contribution in [1.29, 1.82) is 0 Å². The predicted octanol–water partition coefficient (Wildman–Crippen LogP) is 6.18. The fourth-order valence-electron chi connectivity index (χ4n) is 6.73. The number of nitrogens with one attached hydrogen (secondary N) is 2. The van der Waals surface area contributed by atoms with Crippen LogP contribution in [0.2, 0.25) is 5.02 Å². The van der Waals surface area contributed by atoms with Crippen LogP contribution in [-0.4, -0.2) is 49.8 Å². The van der Waals surface area contributed by atoms with Gasteiger partial charge in [-0.15, -0.1) is 0 Å². The van der Waals surface area contributed by atoms with E-state index >= 15 is 0 Å². The molecule has 3 saturated carbocycles. The number of carbonyl (C=O) groups excluding carboxylic acids is 1. The number of likely N-dealkylation sites (tertiary alicyclic amines) is 1. The van der Waals surface area contributed by atoms with E-state index in [1.807, 2.05) is 30.1 Å². The minimum absolute atomic E-state index is 0.0567. The molecule has 2 N–H and O–H groups in total. The number of carbonyl (C=O) groups is 1. The molecule has 4 fully saturated rings. The van der Waals surface area contributed by atoms with E-state index in [2.05, 4.69) is 30.5 Å². The molecule has 0 spiro atoms. The Morgan fingerprint density at radius 3 is 2.59 bits per heavy atom. The Kier molecular flexibility index (Phi) is 8.81. The number of piperidine rings is 1. The Balaban J connectivity index is 1.40. The summed E-state index contributed by atoms with van der Waals surface area (Å²) in [5.74, 6) is 1.22. The smallest absolute Gasteiger partial charge is 0.317 e. The van der Waals surface area contributed by atoms with E-state index in [9.17, 15) is 4.79 Å². The Labute approximate surface area is 211 Å². The third kappa shape index (κ3) is 6.47. The van der Waals surface area contributed by atoms with E-state index in [4.69, 9.17) is 16.3 Å². The van der Waals surface area contributed by atoms with Gasteiger partial charge in [-0.25, -0.2) is 4.79 Å². The third-order valence-corrected chi connectivity index (χ3v) is 8.71. The number of fused-ring (bicyclic) bond motifs is 3.